The van der Waals surface area contributed by atoms with Crippen molar-refractivity contribution in [2.45, 2.75) is 13.1 Å². The standard InChI is InChI=1S/C22H19N7OS/c1-12-20(27-22-29-28-21(30-22)18-19(23)31-13(2)25-18)26-17(14-8-4-3-5-9-14)15-10-6-7-11-16(15)24-12/h3-11,20,24H,1,23H2,2H3,(H,27,29)/t20-/m1/s1. The molecule has 0 saturated heterocycles. The number of nitrogen functional groups attached to an aromatic ring is 1. The molecule has 5 rings (SSSR count). The molecule has 2 aromatic carbocycles. The molecule has 0 amide bonds. The Labute approximate surface area is 182 Å². The number of aryl methyl sites for hydroxylation is 1. The minimum Gasteiger partial charge on any atom is -0.402 e. The van der Waals surface area contributed by atoms with Gasteiger partial charge in [0, 0.05) is 16.8 Å². The SMILES string of the molecule is C=C1Nc2ccccc2C(c2ccccc2)=N[C@@H]1Nc1nnc(-c2nc(C)sc2N)o1. The topological polar surface area (TPSA) is 114 Å². The Bertz CT molecular complexity index is 1290. The van der Waals surface area contributed by atoms with Gasteiger partial charge in [0.1, 0.15) is 5.00 Å². The lowest BCUT2D eigenvalue weighted by Gasteiger charge is -2.15. The van der Waals surface area contributed by atoms with Gasteiger partial charge >= 0.3 is 6.01 Å². The minimum atomic E-state index is -0.537. The van der Waals surface area contributed by atoms with E-state index in [1.807, 2.05) is 61.5 Å². The van der Waals surface area contributed by atoms with E-state index in [0.717, 1.165) is 27.5 Å². The monoisotopic (exact) mass is 429 g/mol. The Morgan fingerprint density at radius 3 is 2.65 bits per heavy atom. The summed E-state index contributed by atoms with van der Waals surface area (Å²) in [7, 11) is 0. The third-order valence-electron chi connectivity index (χ3n) is 4.76. The normalized spacial score (nSPS) is 15.6. The van der Waals surface area contributed by atoms with Gasteiger partial charge in [-0.15, -0.1) is 16.4 Å². The second kappa shape index (κ2) is 7.69. The lowest BCUT2D eigenvalue weighted by Crippen LogP contribution is -2.23. The van der Waals surface area contributed by atoms with Crippen LogP contribution < -0.4 is 16.4 Å². The van der Waals surface area contributed by atoms with Gasteiger partial charge in [0.05, 0.1) is 16.4 Å². The summed E-state index contributed by atoms with van der Waals surface area (Å²) in [4.78, 5) is 9.31. The van der Waals surface area contributed by atoms with Crippen LogP contribution >= 0.6 is 11.3 Å². The average molecular weight is 430 g/mol. The Hall–Kier alpha value is -3.98. The largest absolute Gasteiger partial charge is 0.402 e. The lowest BCUT2D eigenvalue weighted by molar-refractivity contribution is 0.573. The van der Waals surface area contributed by atoms with Crippen molar-refractivity contribution in [2.24, 2.45) is 4.99 Å². The number of nitrogens with zero attached hydrogens (tertiary/aromatic N) is 4. The van der Waals surface area contributed by atoms with Crippen molar-refractivity contribution in [3.63, 3.8) is 0 Å². The third-order valence-corrected chi connectivity index (χ3v) is 5.56. The summed E-state index contributed by atoms with van der Waals surface area (Å²) >= 11 is 1.38. The quantitative estimate of drug-likeness (QED) is 0.443. The Morgan fingerprint density at radius 2 is 1.87 bits per heavy atom. The fourth-order valence-corrected chi connectivity index (χ4v) is 4.04. The first-order valence-electron chi connectivity index (χ1n) is 9.60. The van der Waals surface area contributed by atoms with Crippen LogP contribution in [-0.2, 0) is 0 Å². The number of para-hydroxylation sites is 1. The van der Waals surface area contributed by atoms with Gasteiger partial charge in [-0.1, -0.05) is 60.2 Å². The Balaban J connectivity index is 1.51. The second-order valence-corrected chi connectivity index (χ2v) is 8.18. The number of hydrogen-bond donors (Lipinski definition) is 3. The molecule has 0 saturated carbocycles. The van der Waals surface area contributed by atoms with Crippen LogP contribution in [0.25, 0.3) is 11.6 Å². The first-order chi connectivity index (χ1) is 15.1. The van der Waals surface area contributed by atoms with Crippen molar-refractivity contribution in [2.75, 3.05) is 16.4 Å². The molecule has 154 valence electrons. The number of benzodiazepines with no additional fused rings is 1. The van der Waals surface area contributed by atoms with Crippen molar-refractivity contribution < 1.29 is 4.42 Å². The molecule has 31 heavy (non-hydrogen) atoms. The molecule has 8 nitrogen and oxygen atoms in total. The number of nitrogens with one attached hydrogen (secondary N) is 2. The van der Waals surface area contributed by atoms with E-state index in [0.29, 0.717) is 16.4 Å². The van der Waals surface area contributed by atoms with Crippen LogP contribution in [-0.4, -0.2) is 27.1 Å². The number of fused-ring (bicyclic) bond motifs is 1. The van der Waals surface area contributed by atoms with Crippen molar-refractivity contribution in [1.82, 2.24) is 15.2 Å². The molecule has 9 heteroatoms. The highest BCUT2D eigenvalue weighted by atomic mass is 32.1. The van der Waals surface area contributed by atoms with E-state index in [-0.39, 0.29) is 11.9 Å². The van der Waals surface area contributed by atoms with Crippen LogP contribution in [0.15, 0.2) is 76.3 Å². The molecule has 0 spiro atoms. The van der Waals surface area contributed by atoms with Crippen LogP contribution in [0.3, 0.4) is 0 Å². The summed E-state index contributed by atoms with van der Waals surface area (Å²) in [5.41, 5.74) is 10.9. The first kappa shape index (κ1) is 19.0. The molecule has 0 aliphatic carbocycles. The van der Waals surface area contributed by atoms with Crippen molar-refractivity contribution in [1.29, 1.82) is 0 Å². The maximum Gasteiger partial charge on any atom is 0.317 e. The van der Waals surface area contributed by atoms with Crippen LogP contribution in [0.4, 0.5) is 16.7 Å². The maximum atomic E-state index is 6.00. The van der Waals surface area contributed by atoms with E-state index in [9.17, 15) is 0 Å². The minimum absolute atomic E-state index is 0.204. The predicted molar refractivity (Wildman–Crippen MR) is 123 cm³/mol. The van der Waals surface area contributed by atoms with Crippen LogP contribution in [0.1, 0.15) is 16.1 Å². The molecule has 0 radical (unpaired) electrons. The van der Waals surface area contributed by atoms with Crippen molar-refractivity contribution >= 4 is 33.8 Å². The van der Waals surface area contributed by atoms with E-state index in [1.54, 1.807) is 0 Å². The second-order valence-electron chi connectivity index (χ2n) is 6.94. The highest BCUT2D eigenvalue weighted by molar-refractivity contribution is 7.16. The number of hydrogen-bond acceptors (Lipinski definition) is 9. The summed E-state index contributed by atoms with van der Waals surface area (Å²) in [5.74, 6) is 0.257. The van der Waals surface area contributed by atoms with Gasteiger partial charge in [-0.05, 0) is 13.0 Å². The molecule has 2 aromatic heterocycles. The molecular weight excluding hydrogens is 410 g/mol. The Morgan fingerprint density at radius 1 is 1.10 bits per heavy atom. The molecule has 0 bridgehead atoms. The molecule has 4 aromatic rings. The number of thiazole rings is 1. The number of rotatable bonds is 4. The fraction of sp³-hybridized carbons (Fsp3) is 0.0909. The summed E-state index contributed by atoms with van der Waals surface area (Å²) in [6.07, 6.45) is -0.537. The zero-order valence-electron chi connectivity index (χ0n) is 16.7. The predicted octanol–water partition coefficient (Wildman–Crippen LogP) is 4.30. The zero-order chi connectivity index (χ0) is 21.4. The van der Waals surface area contributed by atoms with E-state index in [1.165, 1.54) is 11.3 Å². The van der Waals surface area contributed by atoms with Crippen molar-refractivity contribution in [3.8, 4) is 11.6 Å². The van der Waals surface area contributed by atoms with E-state index < -0.39 is 6.17 Å². The Kier molecular flexibility index (Phi) is 4.72. The van der Waals surface area contributed by atoms with Gasteiger partial charge in [-0.3, -0.25) is 4.99 Å². The molecule has 1 aliphatic heterocycles. The summed E-state index contributed by atoms with van der Waals surface area (Å²) in [5, 5.41) is 16.1. The van der Waals surface area contributed by atoms with Gasteiger partial charge in [0.25, 0.3) is 5.89 Å². The van der Waals surface area contributed by atoms with Gasteiger partial charge in [-0.2, -0.15) is 0 Å². The molecule has 4 N–H and O–H groups in total. The number of anilines is 3. The van der Waals surface area contributed by atoms with Crippen molar-refractivity contribution in [3.05, 3.63) is 83.0 Å². The molecule has 1 atom stereocenters. The van der Waals surface area contributed by atoms with E-state index in [2.05, 4.69) is 32.4 Å². The smallest absolute Gasteiger partial charge is 0.317 e. The molecule has 3 heterocycles. The van der Waals surface area contributed by atoms with Gasteiger partial charge < -0.3 is 20.8 Å². The summed E-state index contributed by atoms with van der Waals surface area (Å²) < 4.78 is 5.77. The van der Waals surface area contributed by atoms with E-state index in [4.69, 9.17) is 15.1 Å². The number of aliphatic imine (C=N–C) groups is 1. The number of aromatic nitrogens is 3. The third kappa shape index (κ3) is 3.66. The highest BCUT2D eigenvalue weighted by Gasteiger charge is 2.24. The van der Waals surface area contributed by atoms with Gasteiger partial charge in [0.15, 0.2) is 11.9 Å². The fourth-order valence-electron chi connectivity index (χ4n) is 3.35. The summed E-state index contributed by atoms with van der Waals surface area (Å²) in [6, 6.07) is 18.2. The molecule has 0 unspecified atom stereocenters. The first-order valence-corrected chi connectivity index (χ1v) is 10.4. The molecule has 0 fully saturated rings. The number of nitrogens with two attached hydrogens (primary N) is 1. The van der Waals surface area contributed by atoms with Gasteiger partial charge in [-0.25, -0.2) is 4.98 Å². The zero-order valence-corrected chi connectivity index (χ0v) is 17.5. The average Bonchev–Trinajstić information content (AvgIpc) is 3.33. The van der Waals surface area contributed by atoms with E-state index >= 15 is 0 Å². The maximum absolute atomic E-state index is 6.00. The molecular formula is C22H19N7OS. The van der Waals surface area contributed by atoms with Crippen LogP contribution in [0, 0.1) is 6.92 Å². The summed E-state index contributed by atoms with van der Waals surface area (Å²) in [6.45, 7) is 6.03. The van der Waals surface area contributed by atoms with Gasteiger partial charge in [0.2, 0.25) is 0 Å². The number of benzene rings is 2. The highest BCUT2D eigenvalue weighted by Crippen LogP contribution is 2.31. The lowest BCUT2D eigenvalue weighted by atomic mass is 10.0. The van der Waals surface area contributed by atoms with Crippen LogP contribution in [0.5, 0.6) is 0 Å². The van der Waals surface area contributed by atoms with Crippen LogP contribution in [0.2, 0.25) is 0 Å². The molecule has 1 aliphatic rings.